The molecule has 5 nitrogen and oxygen atoms in total. The van der Waals surface area contributed by atoms with Gasteiger partial charge in [0.2, 0.25) is 0 Å². The quantitative estimate of drug-likeness (QED) is 0.456. The van der Waals surface area contributed by atoms with E-state index in [1.807, 2.05) is 12.1 Å². The number of benzene rings is 3. The molecule has 1 fully saturated rings. The van der Waals surface area contributed by atoms with Crippen LogP contribution in [0.4, 0.5) is 11.4 Å². The van der Waals surface area contributed by atoms with Crippen molar-refractivity contribution in [1.82, 2.24) is 0 Å². The summed E-state index contributed by atoms with van der Waals surface area (Å²) in [5, 5.41) is 6.38. The van der Waals surface area contributed by atoms with E-state index in [1.54, 1.807) is 54.6 Å². The Bertz CT molecular complexity index is 1210. The van der Waals surface area contributed by atoms with E-state index in [0.717, 1.165) is 25.7 Å². The molecule has 0 atom stereocenters. The monoisotopic (exact) mass is 424 g/mol. The Labute approximate surface area is 186 Å². The van der Waals surface area contributed by atoms with Crippen molar-refractivity contribution in [3.05, 3.63) is 94.5 Å². The van der Waals surface area contributed by atoms with E-state index >= 15 is 0 Å². The molecule has 5 heteroatoms. The predicted octanol–water partition coefficient (Wildman–Crippen LogP) is 5.46. The number of rotatable bonds is 4. The van der Waals surface area contributed by atoms with E-state index in [2.05, 4.69) is 10.6 Å². The number of fused-ring (bicyclic) bond motifs is 2. The van der Waals surface area contributed by atoms with Crippen molar-refractivity contribution in [2.75, 3.05) is 10.6 Å². The molecule has 1 amide bonds. The third-order valence-electron chi connectivity index (χ3n) is 6.32. The highest BCUT2D eigenvalue weighted by Gasteiger charge is 2.34. The maximum absolute atomic E-state index is 13.5. The molecule has 0 saturated heterocycles. The van der Waals surface area contributed by atoms with Gasteiger partial charge in [-0.1, -0.05) is 61.7 Å². The Kier molecular flexibility index (Phi) is 5.31. The van der Waals surface area contributed by atoms with Crippen LogP contribution in [0.1, 0.15) is 74.3 Å². The molecule has 2 N–H and O–H groups in total. The van der Waals surface area contributed by atoms with Crippen LogP contribution >= 0.6 is 0 Å². The van der Waals surface area contributed by atoms with Crippen molar-refractivity contribution >= 4 is 28.8 Å². The molecule has 0 aromatic heterocycles. The summed E-state index contributed by atoms with van der Waals surface area (Å²) in [5.41, 5.74) is 2.90. The maximum Gasteiger partial charge on any atom is 0.255 e. The van der Waals surface area contributed by atoms with Crippen molar-refractivity contribution in [1.29, 1.82) is 0 Å². The van der Waals surface area contributed by atoms with Crippen LogP contribution in [-0.2, 0) is 0 Å². The second-order valence-electron chi connectivity index (χ2n) is 8.41. The Morgan fingerprint density at radius 2 is 1.25 bits per heavy atom. The molecule has 0 bridgehead atoms. The van der Waals surface area contributed by atoms with E-state index in [4.69, 9.17) is 0 Å². The number of carbonyl (C=O) groups is 3. The Morgan fingerprint density at radius 1 is 0.688 bits per heavy atom. The molecular formula is C27H24N2O3. The second kappa shape index (κ2) is 8.42. The van der Waals surface area contributed by atoms with Gasteiger partial charge in [0.15, 0.2) is 11.6 Å². The topological polar surface area (TPSA) is 75.3 Å². The SMILES string of the molecule is O=C(Nc1ccc(NC2CCCCC2)c2c1C(=O)c1ccccc1C2=O)c1ccccc1. The van der Waals surface area contributed by atoms with Crippen LogP contribution in [0.15, 0.2) is 66.7 Å². The van der Waals surface area contributed by atoms with Gasteiger partial charge in [-0.2, -0.15) is 0 Å². The first kappa shape index (κ1) is 20.2. The maximum atomic E-state index is 13.5. The van der Waals surface area contributed by atoms with Gasteiger partial charge in [0.25, 0.3) is 5.91 Å². The van der Waals surface area contributed by atoms with Gasteiger partial charge in [-0.05, 0) is 37.1 Å². The van der Waals surface area contributed by atoms with Crippen molar-refractivity contribution in [2.45, 2.75) is 38.1 Å². The van der Waals surface area contributed by atoms with Gasteiger partial charge in [0.1, 0.15) is 0 Å². The average molecular weight is 424 g/mol. The molecule has 2 aliphatic carbocycles. The van der Waals surface area contributed by atoms with Crippen LogP contribution in [-0.4, -0.2) is 23.5 Å². The summed E-state index contributed by atoms with van der Waals surface area (Å²) < 4.78 is 0. The molecule has 3 aromatic carbocycles. The van der Waals surface area contributed by atoms with Gasteiger partial charge < -0.3 is 10.6 Å². The highest BCUT2D eigenvalue weighted by Crippen LogP contribution is 2.37. The Hall–Kier alpha value is -3.73. The lowest BCUT2D eigenvalue weighted by molar-refractivity contribution is 0.0979. The van der Waals surface area contributed by atoms with E-state index < -0.39 is 0 Å². The predicted molar refractivity (Wildman–Crippen MR) is 125 cm³/mol. The summed E-state index contributed by atoms with van der Waals surface area (Å²) in [6, 6.07) is 19.5. The first-order chi connectivity index (χ1) is 15.6. The largest absolute Gasteiger partial charge is 0.382 e. The van der Waals surface area contributed by atoms with Gasteiger partial charge in [-0.25, -0.2) is 0 Å². The minimum Gasteiger partial charge on any atom is -0.382 e. The van der Waals surface area contributed by atoms with E-state index in [0.29, 0.717) is 33.6 Å². The van der Waals surface area contributed by atoms with Crippen LogP contribution in [0, 0.1) is 0 Å². The third-order valence-corrected chi connectivity index (χ3v) is 6.32. The Balaban J connectivity index is 1.59. The molecular weight excluding hydrogens is 400 g/mol. The summed E-state index contributed by atoms with van der Waals surface area (Å²) in [6.07, 6.45) is 5.62. The Morgan fingerprint density at radius 3 is 1.91 bits per heavy atom. The number of carbonyl (C=O) groups excluding carboxylic acids is 3. The summed E-state index contributed by atoms with van der Waals surface area (Å²) in [5.74, 6) is -0.755. The highest BCUT2D eigenvalue weighted by atomic mass is 16.2. The molecule has 0 unspecified atom stereocenters. The molecule has 0 radical (unpaired) electrons. The van der Waals surface area contributed by atoms with Crippen molar-refractivity contribution in [2.24, 2.45) is 0 Å². The summed E-state index contributed by atoms with van der Waals surface area (Å²) in [4.78, 5) is 39.8. The zero-order valence-electron chi connectivity index (χ0n) is 17.7. The van der Waals surface area contributed by atoms with Gasteiger partial charge in [-0.3, -0.25) is 14.4 Å². The standard InChI is InChI=1S/C27H24N2O3/c30-25-19-13-7-8-14-20(19)26(31)24-22(29-27(32)17-9-3-1-4-10-17)16-15-21(23(24)25)28-18-11-5-2-6-12-18/h1,3-4,7-10,13-16,18,28H,2,5-6,11-12H2,(H,29,32). The second-order valence-corrected chi connectivity index (χ2v) is 8.41. The minimum atomic E-state index is -0.320. The fourth-order valence-electron chi connectivity index (χ4n) is 4.70. The van der Waals surface area contributed by atoms with Crippen LogP contribution in [0.2, 0.25) is 0 Å². The molecule has 32 heavy (non-hydrogen) atoms. The lowest BCUT2D eigenvalue weighted by Gasteiger charge is -2.28. The van der Waals surface area contributed by atoms with Crippen molar-refractivity contribution in [3.63, 3.8) is 0 Å². The lowest BCUT2D eigenvalue weighted by atomic mass is 9.82. The molecule has 1 saturated carbocycles. The van der Waals surface area contributed by atoms with Crippen LogP contribution < -0.4 is 10.6 Å². The van der Waals surface area contributed by atoms with Crippen LogP contribution in [0.5, 0.6) is 0 Å². The average Bonchev–Trinajstić information content (AvgIpc) is 2.84. The van der Waals surface area contributed by atoms with Crippen molar-refractivity contribution in [3.8, 4) is 0 Å². The normalized spacial score (nSPS) is 15.6. The fraction of sp³-hybridized carbons (Fsp3) is 0.222. The molecule has 0 spiro atoms. The molecule has 0 heterocycles. The number of anilines is 2. The smallest absolute Gasteiger partial charge is 0.255 e. The van der Waals surface area contributed by atoms with Gasteiger partial charge >= 0.3 is 0 Å². The zero-order chi connectivity index (χ0) is 22.1. The fourth-order valence-corrected chi connectivity index (χ4v) is 4.70. The van der Waals surface area contributed by atoms with Crippen LogP contribution in [0.3, 0.4) is 0 Å². The van der Waals surface area contributed by atoms with E-state index in [1.165, 1.54) is 6.42 Å². The molecule has 0 aliphatic heterocycles. The number of hydrogen-bond acceptors (Lipinski definition) is 4. The number of nitrogens with one attached hydrogen (secondary N) is 2. The van der Waals surface area contributed by atoms with Crippen molar-refractivity contribution < 1.29 is 14.4 Å². The van der Waals surface area contributed by atoms with E-state index in [9.17, 15) is 14.4 Å². The van der Waals surface area contributed by atoms with Gasteiger partial charge in [0.05, 0.1) is 16.8 Å². The summed E-state index contributed by atoms with van der Waals surface area (Å²) >= 11 is 0. The minimum absolute atomic E-state index is 0.190. The van der Waals surface area contributed by atoms with E-state index in [-0.39, 0.29) is 29.1 Å². The van der Waals surface area contributed by atoms with Gasteiger partial charge in [0, 0.05) is 28.4 Å². The number of amides is 1. The molecule has 2 aliphatic rings. The number of hydrogen-bond donors (Lipinski definition) is 2. The lowest BCUT2D eigenvalue weighted by Crippen LogP contribution is -2.28. The molecule has 3 aromatic rings. The third kappa shape index (κ3) is 3.60. The first-order valence-corrected chi connectivity index (χ1v) is 11.1. The van der Waals surface area contributed by atoms with Gasteiger partial charge in [-0.15, -0.1) is 0 Å². The first-order valence-electron chi connectivity index (χ1n) is 11.1. The van der Waals surface area contributed by atoms with Crippen LogP contribution in [0.25, 0.3) is 0 Å². The summed E-state index contributed by atoms with van der Waals surface area (Å²) in [6.45, 7) is 0. The molecule has 160 valence electrons. The number of ketones is 2. The highest BCUT2D eigenvalue weighted by molar-refractivity contribution is 6.32. The zero-order valence-corrected chi connectivity index (χ0v) is 17.7. The summed E-state index contributed by atoms with van der Waals surface area (Å²) in [7, 11) is 0. The molecule has 5 rings (SSSR count).